The molecule has 0 atom stereocenters. The first kappa shape index (κ1) is 10.1. The Morgan fingerprint density at radius 3 is 2.46 bits per heavy atom. The molecule has 0 spiro atoms. The molecule has 1 radical (unpaired) electrons. The van der Waals surface area contributed by atoms with E-state index in [0.717, 1.165) is 17.7 Å². The van der Waals surface area contributed by atoms with Crippen LogP contribution in [0.4, 0.5) is 0 Å². The highest BCUT2D eigenvalue weighted by Gasteiger charge is 1.93. The van der Waals surface area contributed by atoms with E-state index < -0.39 is 0 Å². The van der Waals surface area contributed by atoms with Crippen LogP contribution < -0.4 is 4.74 Å². The fourth-order valence-electron chi connectivity index (χ4n) is 1.01. The first-order valence-electron chi connectivity index (χ1n) is 4.36. The van der Waals surface area contributed by atoms with Crippen LogP contribution in [0.25, 0.3) is 0 Å². The minimum absolute atomic E-state index is 0.652. The first-order valence-corrected chi connectivity index (χ1v) is 4.36. The van der Waals surface area contributed by atoms with E-state index in [4.69, 9.17) is 9.47 Å². The topological polar surface area (TPSA) is 18.5 Å². The number of hydrogen-bond donors (Lipinski definition) is 0. The molecule has 1 aromatic rings. The van der Waals surface area contributed by atoms with Crippen molar-refractivity contribution in [1.82, 2.24) is 0 Å². The first-order chi connectivity index (χ1) is 6.36. The molecule has 0 saturated carbocycles. The smallest absolute Gasteiger partial charge is 0.118 e. The van der Waals surface area contributed by atoms with Crippen LogP contribution in [0.15, 0.2) is 24.3 Å². The van der Waals surface area contributed by atoms with Crippen molar-refractivity contribution in [2.75, 3.05) is 13.7 Å². The van der Waals surface area contributed by atoms with E-state index in [1.165, 1.54) is 0 Å². The normalized spacial score (nSPS) is 10.0. The summed E-state index contributed by atoms with van der Waals surface area (Å²) in [5, 5.41) is 0. The predicted octanol–water partition coefficient (Wildman–Crippen LogP) is 2.44. The van der Waals surface area contributed by atoms with Crippen molar-refractivity contribution in [2.24, 2.45) is 0 Å². The highest BCUT2D eigenvalue weighted by atomic mass is 16.5. The summed E-state index contributed by atoms with van der Waals surface area (Å²) in [6, 6.07) is 7.87. The van der Waals surface area contributed by atoms with Crippen LogP contribution in [0.2, 0.25) is 0 Å². The van der Waals surface area contributed by atoms with Crippen molar-refractivity contribution >= 4 is 0 Å². The van der Waals surface area contributed by atoms with Crippen LogP contribution in [0.5, 0.6) is 5.75 Å². The summed E-state index contributed by atoms with van der Waals surface area (Å²) in [5.41, 5.74) is 1.16. The molecule has 0 heterocycles. The Bertz CT molecular complexity index is 228. The van der Waals surface area contributed by atoms with Crippen molar-refractivity contribution in [3.05, 3.63) is 36.8 Å². The zero-order valence-corrected chi connectivity index (χ0v) is 7.95. The van der Waals surface area contributed by atoms with Gasteiger partial charge in [0, 0.05) is 6.61 Å². The molecule has 1 aromatic carbocycles. The third-order valence-corrected chi connectivity index (χ3v) is 1.72. The van der Waals surface area contributed by atoms with Gasteiger partial charge < -0.3 is 9.47 Å². The number of methoxy groups -OCH3 is 1. The zero-order chi connectivity index (χ0) is 9.52. The SMILES string of the molecule is [CH2]CCOCc1ccc(OC)cc1. The summed E-state index contributed by atoms with van der Waals surface area (Å²) in [4.78, 5) is 0. The maximum absolute atomic E-state index is 5.34. The van der Waals surface area contributed by atoms with Gasteiger partial charge in [-0.15, -0.1) is 0 Å². The molecule has 0 aliphatic heterocycles. The fourth-order valence-corrected chi connectivity index (χ4v) is 1.01. The molecular formula is C11H15O2. The Hall–Kier alpha value is -1.02. The van der Waals surface area contributed by atoms with Crippen molar-refractivity contribution in [3.8, 4) is 5.75 Å². The van der Waals surface area contributed by atoms with E-state index >= 15 is 0 Å². The van der Waals surface area contributed by atoms with Gasteiger partial charge in [0.05, 0.1) is 13.7 Å². The van der Waals surface area contributed by atoms with E-state index in [2.05, 4.69) is 6.92 Å². The Morgan fingerprint density at radius 1 is 1.23 bits per heavy atom. The van der Waals surface area contributed by atoms with E-state index in [-0.39, 0.29) is 0 Å². The van der Waals surface area contributed by atoms with Gasteiger partial charge in [-0.2, -0.15) is 0 Å². The van der Waals surface area contributed by atoms with Crippen LogP contribution in [-0.2, 0) is 11.3 Å². The molecule has 71 valence electrons. The summed E-state index contributed by atoms with van der Waals surface area (Å²) < 4.78 is 10.4. The second-order valence-corrected chi connectivity index (χ2v) is 2.75. The van der Waals surface area contributed by atoms with Gasteiger partial charge in [-0.05, 0) is 24.1 Å². The largest absolute Gasteiger partial charge is 0.497 e. The van der Waals surface area contributed by atoms with E-state index in [1.54, 1.807) is 7.11 Å². The third kappa shape index (κ3) is 3.47. The number of ether oxygens (including phenoxy) is 2. The minimum atomic E-state index is 0.652. The van der Waals surface area contributed by atoms with Crippen LogP contribution in [0, 0.1) is 6.92 Å². The van der Waals surface area contributed by atoms with Gasteiger partial charge in [-0.1, -0.05) is 19.1 Å². The highest BCUT2D eigenvalue weighted by Crippen LogP contribution is 2.11. The Morgan fingerprint density at radius 2 is 1.92 bits per heavy atom. The second-order valence-electron chi connectivity index (χ2n) is 2.75. The summed E-state index contributed by atoms with van der Waals surface area (Å²) in [5.74, 6) is 0.876. The van der Waals surface area contributed by atoms with Gasteiger partial charge in [0.25, 0.3) is 0 Å². The predicted molar refractivity (Wildman–Crippen MR) is 52.6 cm³/mol. The minimum Gasteiger partial charge on any atom is -0.497 e. The van der Waals surface area contributed by atoms with Crippen LogP contribution in [-0.4, -0.2) is 13.7 Å². The summed E-state index contributed by atoms with van der Waals surface area (Å²) in [6.07, 6.45) is 0.816. The van der Waals surface area contributed by atoms with Gasteiger partial charge in [-0.3, -0.25) is 0 Å². The summed E-state index contributed by atoms with van der Waals surface area (Å²) in [7, 11) is 1.66. The molecule has 0 aromatic heterocycles. The quantitative estimate of drug-likeness (QED) is 0.646. The average molecular weight is 179 g/mol. The lowest BCUT2D eigenvalue weighted by molar-refractivity contribution is 0.125. The maximum Gasteiger partial charge on any atom is 0.118 e. The monoisotopic (exact) mass is 179 g/mol. The molecule has 0 aliphatic rings. The van der Waals surface area contributed by atoms with Gasteiger partial charge in [-0.25, -0.2) is 0 Å². The molecule has 2 nitrogen and oxygen atoms in total. The van der Waals surface area contributed by atoms with E-state index in [9.17, 15) is 0 Å². The summed E-state index contributed by atoms with van der Waals surface area (Å²) >= 11 is 0. The van der Waals surface area contributed by atoms with Crippen LogP contribution in [0.3, 0.4) is 0 Å². The van der Waals surface area contributed by atoms with Crippen LogP contribution >= 0.6 is 0 Å². The lowest BCUT2D eigenvalue weighted by Crippen LogP contribution is -1.93. The fraction of sp³-hybridized carbons (Fsp3) is 0.364. The van der Waals surface area contributed by atoms with E-state index in [0.29, 0.717) is 13.2 Å². The molecule has 2 heteroatoms. The molecule has 0 bridgehead atoms. The maximum atomic E-state index is 5.34. The Labute approximate surface area is 79.5 Å². The number of hydrogen-bond acceptors (Lipinski definition) is 2. The molecule has 0 unspecified atom stereocenters. The molecule has 0 saturated heterocycles. The average Bonchev–Trinajstić information content (AvgIpc) is 2.19. The lowest BCUT2D eigenvalue weighted by Gasteiger charge is -2.03. The van der Waals surface area contributed by atoms with Crippen LogP contribution in [0.1, 0.15) is 12.0 Å². The van der Waals surface area contributed by atoms with Crippen molar-refractivity contribution in [2.45, 2.75) is 13.0 Å². The molecule has 1 rings (SSSR count). The molecule has 0 aliphatic carbocycles. The van der Waals surface area contributed by atoms with Gasteiger partial charge in [0.2, 0.25) is 0 Å². The second kappa shape index (κ2) is 5.60. The van der Waals surface area contributed by atoms with Gasteiger partial charge >= 0.3 is 0 Å². The molecule has 0 N–H and O–H groups in total. The van der Waals surface area contributed by atoms with E-state index in [1.807, 2.05) is 24.3 Å². The van der Waals surface area contributed by atoms with Gasteiger partial charge in [0.15, 0.2) is 0 Å². The molecule has 0 amide bonds. The Balaban J connectivity index is 2.40. The Kier molecular flexibility index (Phi) is 4.33. The molecule has 0 fully saturated rings. The zero-order valence-electron chi connectivity index (χ0n) is 7.95. The number of benzene rings is 1. The standard InChI is InChI=1S/C11H15O2/c1-3-8-13-9-10-4-6-11(12-2)7-5-10/h4-7H,1,3,8-9H2,2H3. The van der Waals surface area contributed by atoms with Crippen molar-refractivity contribution in [1.29, 1.82) is 0 Å². The van der Waals surface area contributed by atoms with Crippen molar-refractivity contribution in [3.63, 3.8) is 0 Å². The number of rotatable bonds is 5. The lowest BCUT2D eigenvalue weighted by atomic mass is 10.2. The molecule has 13 heavy (non-hydrogen) atoms. The molecular weight excluding hydrogens is 164 g/mol. The third-order valence-electron chi connectivity index (χ3n) is 1.72. The highest BCUT2D eigenvalue weighted by molar-refractivity contribution is 5.26. The van der Waals surface area contributed by atoms with Gasteiger partial charge in [0.1, 0.15) is 5.75 Å². The summed E-state index contributed by atoms with van der Waals surface area (Å²) in [6.45, 7) is 5.07. The van der Waals surface area contributed by atoms with Crippen molar-refractivity contribution < 1.29 is 9.47 Å².